The predicted octanol–water partition coefficient (Wildman–Crippen LogP) is 3.39. The summed E-state index contributed by atoms with van der Waals surface area (Å²) < 4.78 is 6.63. The third-order valence-electron chi connectivity index (χ3n) is 4.91. The van der Waals surface area contributed by atoms with E-state index in [1.165, 1.54) is 21.9 Å². The molecule has 0 saturated carbocycles. The van der Waals surface area contributed by atoms with Crippen LogP contribution in [0.5, 0.6) is 0 Å². The normalized spacial score (nSPS) is 12.3. The number of halogens is 1. The van der Waals surface area contributed by atoms with Gasteiger partial charge in [-0.1, -0.05) is 30.9 Å². The van der Waals surface area contributed by atoms with Crippen molar-refractivity contribution in [1.29, 1.82) is 0 Å². The van der Waals surface area contributed by atoms with Gasteiger partial charge in [0, 0.05) is 18.5 Å². The molecule has 9 heteroatoms. The molecular weight excluding hydrogens is 446 g/mol. The minimum Gasteiger partial charge on any atom is -0.444 e. The van der Waals surface area contributed by atoms with Gasteiger partial charge >= 0.3 is 6.09 Å². The Labute approximate surface area is 198 Å². The van der Waals surface area contributed by atoms with Crippen molar-refractivity contribution in [2.75, 3.05) is 13.2 Å². The summed E-state index contributed by atoms with van der Waals surface area (Å²) in [7, 11) is 0. The van der Waals surface area contributed by atoms with Gasteiger partial charge in [-0.2, -0.15) is 0 Å². The number of hydrogen-bond acceptors (Lipinski definition) is 6. The van der Waals surface area contributed by atoms with Gasteiger partial charge in [0.05, 0.1) is 41.4 Å². The van der Waals surface area contributed by atoms with E-state index in [9.17, 15) is 19.5 Å². The number of unbranched alkanes of at least 4 members (excludes halogenated alkanes) is 1. The Hall–Kier alpha value is -2.89. The molecule has 0 bridgehead atoms. The lowest BCUT2D eigenvalue weighted by atomic mass is 10.1. The monoisotopic (exact) mass is 475 g/mol. The van der Waals surface area contributed by atoms with E-state index in [4.69, 9.17) is 22.8 Å². The molecule has 0 aliphatic rings. The van der Waals surface area contributed by atoms with Crippen molar-refractivity contribution in [3.63, 3.8) is 0 Å². The summed E-state index contributed by atoms with van der Waals surface area (Å²) in [5.41, 5.74) is -0.347. The number of benzene rings is 1. The molecule has 1 aromatic carbocycles. The Bertz CT molecular complexity index is 1110. The number of nitrogens with zero attached hydrogens (tertiary/aromatic N) is 3. The molecule has 1 atom stereocenters. The number of hydrogen-bond donors (Lipinski definition) is 1. The van der Waals surface area contributed by atoms with Crippen molar-refractivity contribution >= 4 is 34.4 Å². The first-order valence-electron chi connectivity index (χ1n) is 10.8. The fourth-order valence-corrected chi connectivity index (χ4v) is 3.48. The molecule has 8 nitrogen and oxygen atoms in total. The molecule has 0 radical (unpaired) electrons. The van der Waals surface area contributed by atoms with Crippen LogP contribution in [0.2, 0.25) is 5.02 Å². The first kappa shape index (κ1) is 26.4. The van der Waals surface area contributed by atoms with Gasteiger partial charge in [0.25, 0.3) is 5.56 Å². The minimum absolute atomic E-state index is 0.138. The van der Waals surface area contributed by atoms with Gasteiger partial charge < -0.3 is 14.7 Å². The summed E-state index contributed by atoms with van der Waals surface area (Å²) in [6.45, 7) is 6.90. The van der Waals surface area contributed by atoms with Gasteiger partial charge in [0.1, 0.15) is 5.60 Å². The molecule has 1 heterocycles. The number of terminal acetylenes is 1. The highest BCUT2D eigenvalue weighted by molar-refractivity contribution is 6.32. The molecule has 0 spiro atoms. The van der Waals surface area contributed by atoms with Crippen LogP contribution in [-0.4, -0.2) is 56.2 Å². The Morgan fingerprint density at radius 3 is 2.64 bits per heavy atom. The van der Waals surface area contributed by atoms with Crippen LogP contribution < -0.4 is 5.56 Å². The maximum atomic E-state index is 12.8. The van der Waals surface area contributed by atoms with E-state index in [1.54, 1.807) is 26.8 Å². The molecule has 0 aliphatic heterocycles. The van der Waals surface area contributed by atoms with Crippen molar-refractivity contribution in [3.8, 4) is 12.3 Å². The fraction of sp³-hybridized carbons (Fsp3) is 0.500. The number of carbonyl (C=O) groups excluding carboxylic acids is 2. The van der Waals surface area contributed by atoms with Crippen LogP contribution >= 0.6 is 11.6 Å². The largest absolute Gasteiger partial charge is 0.444 e. The van der Waals surface area contributed by atoms with E-state index in [1.807, 2.05) is 6.92 Å². The number of ether oxygens (including phenoxy) is 1. The number of aliphatic hydroxyl groups is 1. The van der Waals surface area contributed by atoms with Gasteiger partial charge in [-0.25, -0.2) is 9.78 Å². The molecule has 0 saturated heterocycles. The lowest BCUT2D eigenvalue weighted by molar-refractivity contribution is -0.121. The van der Waals surface area contributed by atoms with E-state index in [0.717, 1.165) is 6.42 Å². The molecule has 2 rings (SSSR count). The number of fused-ring (bicyclic) bond motifs is 1. The molecule has 33 heavy (non-hydrogen) atoms. The predicted molar refractivity (Wildman–Crippen MR) is 127 cm³/mol. The Balaban J connectivity index is 2.23. The van der Waals surface area contributed by atoms with Gasteiger partial charge in [-0.05, 0) is 39.3 Å². The average molecular weight is 476 g/mol. The highest BCUT2D eigenvalue weighted by Gasteiger charge is 2.29. The van der Waals surface area contributed by atoms with Gasteiger partial charge in [-0.15, -0.1) is 6.42 Å². The summed E-state index contributed by atoms with van der Waals surface area (Å²) in [5, 5.41) is 10.4. The Kier molecular flexibility index (Phi) is 9.03. The van der Waals surface area contributed by atoms with Crippen molar-refractivity contribution in [3.05, 3.63) is 39.4 Å². The van der Waals surface area contributed by atoms with E-state index >= 15 is 0 Å². The first-order chi connectivity index (χ1) is 15.5. The number of amides is 1. The zero-order valence-electron chi connectivity index (χ0n) is 19.4. The third-order valence-corrected chi connectivity index (χ3v) is 5.22. The van der Waals surface area contributed by atoms with Crippen LogP contribution in [0.25, 0.3) is 10.9 Å². The molecule has 2 aromatic rings. The third kappa shape index (κ3) is 7.04. The van der Waals surface area contributed by atoms with Crippen molar-refractivity contribution in [1.82, 2.24) is 14.5 Å². The molecule has 1 amide bonds. The van der Waals surface area contributed by atoms with Gasteiger partial charge in [0.2, 0.25) is 0 Å². The highest BCUT2D eigenvalue weighted by atomic mass is 35.5. The molecule has 1 aromatic heterocycles. The minimum atomic E-state index is -0.768. The molecule has 0 fully saturated rings. The number of aliphatic hydroxyl groups excluding tert-OH is 1. The van der Waals surface area contributed by atoms with E-state index in [2.05, 4.69) is 10.9 Å². The molecule has 178 valence electrons. The van der Waals surface area contributed by atoms with Crippen molar-refractivity contribution < 1.29 is 19.4 Å². The van der Waals surface area contributed by atoms with Gasteiger partial charge in [0.15, 0.2) is 5.78 Å². The SMILES string of the molecule is C#Cc1cc2ncn(CC(=O)CC(CO)N(CCCC)C(=O)OC(C)(C)C)c(=O)c2cc1Cl. The second-order valence-corrected chi connectivity index (χ2v) is 9.18. The van der Waals surface area contributed by atoms with Crippen LogP contribution in [0.4, 0.5) is 4.79 Å². The summed E-state index contributed by atoms with van der Waals surface area (Å²) in [6, 6.07) is 2.21. The number of carbonyl (C=O) groups is 2. The lowest BCUT2D eigenvalue weighted by Gasteiger charge is -2.32. The number of ketones is 1. The van der Waals surface area contributed by atoms with E-state index in [-0.39, 0.29) is 29.2 Å². The van der Waals surface area contributed by atoms with Crippen LogP contribution in [0, 0.1) is 12.3 Å². The van der Waals surface area contributed by atoms with E-state index < -0.39 is 29.9 Å². The smallest absolute Gasteiger partial charge is 0.410 e. The van der Waals surface area contributed by atoms with Crippen LogP contribution in [0.1, 0.15) is 52.5 Å². The Morgan fingerprint density at radius 2 is 2.06 bits per heavy atom. The quantitative estimate of drug-likeness (QED) is 0.558. The zero-order chi connectivity index (χ0) is 24.8. The average Bonchev–Trinajstić information content (AvgIpc) is 2.73. The summed E-state index contributed by atoms with van der Waals surface area (Å²) >= 11 is 6.11. The maximum Gasteiger partial charge on any atom is 0.410 e. The maximum absolute atomic E-state index is 12.8. The summed E-state index contributed by atoms with van der Waals surface area (Å²) in [6.07, 6.45) is 7.46. The van der Waals surface area contributed by atoms with Crippen LogP contribution in [0.3, 0.4) is 0 Å². The number of Topliss-reactive ketones (excluding diaryl/α,β-unsaturated/α-hetero) is 1. The first-order valence-corrected chi connectivity index (χ1v) is 11.2. The Morgan fingerprint density at radius 1 is 1.36 bits per heavy atom. The second-order valence-electron chi connectivity index (χ2n) is 8.78. The van der Waals surface area contributed by atoms with Crippen LogP contribution in [-0.2, 0) is 16.1 Å². The van der Waals surface area contributed by atoms with Crippen LogP contribution in [0.15, 0.2) is 23.3 Å². The zero-order valence-corrected chi connectivity index (χ0v) is 20.2. The molecular formula is C24H30ClN3O5. The van der Waals surface area contributed by atoms with Crippen molar-refractivity contribution in [2.24, 2.45) is 0 Å². The molecule has 1 N–H and O–H groups in total. The standard InChI is InChI=1S/C24H30ClN3O5/c1-6-8-9-28(23(32)33-24(3,4)5)17(14-29)11-18(30)13-27-15-26-21-10-16(7-2)20(25)12-19(21)22(27)31/h2,10,12,15,17,29H,6,8-9,11,13-14H2,1,3-5H3. The lowest BCUT2D eigenvalue weighted by Crippen LogP contribution is -2.47. The second kappa shape index (κ2) is 11.3. The summed E-state index contributed by atoms with van der Waals surface area (Å²) in [4.78, 5) is 43.9. The molecule has 0 aliphatic carbocycles. The van der Waals surface area contributed by atoms with E-state index in [0.29, 0.717) is 24.0 Å². The number of rotatable bonds is 9. The molecule has 1 unspecified atom stereocenters. The summed E-state index contributed by atoms with van der Waals surface area (Å²) in [5.74, 6) is 2.09. The number of aromatic nitrogens is 2. The highest BCUT2D eigenvalue weighted by Crippen LogP contribution is 2.20. The van der Waals surface area contributed by atoms with Crippen molar-refractivity contribution in [2.45, 2.75) is 65.1 Å². The van der Waals surface area contributed by atoms with Gasteiger partial charge in [-0.3, -0.25) is 14.2 Å². The topological polar surface area (TPSA) is 102 Å². The fourth-order valence-electron chi connectivity index (χ4n) is 3.26.